The Balaban J connectivity index is 1.85. The van der Waals surface area contributed by atoms with E-state index in [1.807, 2.05) is 27.7 Å². The summed E-state index contributed by atoms with van der Waals surface area (Å²) in [6.45, 7) is 9.74. The quantitative estimate of drug-likeness (QED) is 0.540. The first-order chi connectivity index (χ1) is 15.8. The van der Waals surface area contributed by atoms with Gasteiger partial charge in [0.2, 0.25) is 0 Å². The predicted octanol–water partition coefficient (Wildman–Crippen LogP) is 3.03. The van der Waals surface area contributed by atoms with Gasteiger partial charge >= 0.3 is 0 Å². The molecule has 9 nitrogen and oxygen atoms in total. The molecule has 0 radical (unpaired) electrons. The number of likely N-dealkylation sites (tertiary alicyclic amines) is 1. The third-order valence-corrected chi connectivity index (χ3v) is 6.71. The predicted molar refractivity (Wildman–Crippen MR) is 126 cm³/mol. The van der Waals surface area contributed by atoms with Crippen LogP contribution in [0, 0.1) is 18.3 Å². The summed E-state index contributed by atoms with van der Waals surface area (Å²) in [6, 6.07) is 3.84. The Labute approximate surface area is 197 Å². The van der Waals surface area contributed by atoms with Crippen LogP contribution in [0.15, 0.2) is 12.4 Å². The van der Waals surface area contributed by atoms with Crippen LogP contribution in [0.25, 0.3) is 11.0 Å². The maximum atomic E-state index is 9.91. The number of rotatable bonds is 7. The van der Waals surface area contributed by atoms with Gasteiger partial charge in [0.1, 0.15) is 24.0 Å². The minimum absolute atomic E-state index is 0.0588. The zero-order valence-corrected chi connectivity index (χ0v) is 20.0. The third kappa shape index (κ3) is 3.88. The number of nitrogens with two attached hydrogens (primary N) is 1. The number of nitriles is 1. The number of hydrogen-bond donors (Lipinski definition) is 2. The Kier molecular flexibility index (Phi) is 6.43. The topological polar surface area (TPSA) is 126 Å². The van der Waals surface area contributed by atoms with Crippen molar-refractivity contribution in [3.8, 4) is 11.8 Å². The number of aliphatic hydroxyl groups is 1. The van der Waals surface area contributed by atoms with Crippen molar-refractivity contribution >= 4 is 28.5 Å². The molecule has 4 rings (SSSR count). The van der Waals surface area contributed by atoms with Crippen molar-refractivity contribution < 1.29 is 9.84 Å². The van der Waals surface area contributed by atoms with Crippen LogP contribution in [-0.2, 0) is 0 Å². The minimum atomic E-state index is -0.284. The maximum absolute atomic E-state index is 9.91. The number of nitrogen functional groups attached to an aromatic ring is 1. The van der Waals surface area contributed by atoms with Gasteiger partial charge in [0.05, 0.1) is 40.9 Å². The number of fused-ring (bicyclic) bond motifs is 1. The number of hydrogen-bond acceptors (Lipinski definition) is 8. The summed E-state index contributed by atoms with van der Waals surface area (Å²) in [5.74, 6) is 1.12. The summed E-state index contributed by atoms with van der Waals surface area (Å²) in [4.78, 5) is 10.7. The highest BCUT2D eigenvalue weighted by molar-refractivity contribution is 6.32. The van der Waals surface area contributed by atoms with Gasteiger partial charge in [0.15, 0.2) is 5.65 Å². The van der Waals surface area contributed by atoms with Crippen LogP contribution < -0.4 is 10.5 Å². The Morgan fingerprint density at radius 1 is 1.36 bits per heavy atom. The van der Waals surface area contributed by atoms with Gasteiger partial charge in [-0.05, 0) is 33.8 Å². The first-order valence-electron chi connectivity index (χ1n) is 11.0. The van der Waals surface area contributed by atoms with Gasteiger partial charge in [0, 0.05) is 36.2 Å². The molecule has 0 spiro atoms. The van der Waals surface area contributed by atoms with Gasteiger partial charge < -0.3 is 15.6 Å². The average Bonchev–Trinajstić information content (AvgIpc) is 3.11. The number of ether oxygens (including phenoxy) is 1. The molecule has 2 atom stereocenters. The zero-order valence-electron chi connectivity index (χ0n) is 19.2. The molecule has 0 aliphatic carbocycles. The van der Waals surface area contributed by atoms with Gasteiger partial charge in [-0.25, -0.2) is 14.6 Å². The first-order valence-corrected chi connectivity index (χ1v) is 11.4. The van der Waals surface area contributed by atoms with E-state index in [2.05, 4.69) is 26.0 Å². The lowest BCUT2D eigenvalue weighted by molar-refractivity contribution is 0.0618. The molecule has 1 aliphatic rings. The Bertz CT molecular complexity index is 1230. The second-order valence-corrected chi connectivity index (χ2v) is 8.86. The second-order valence-electron chi connectivity index (χ2n) is 8.46. The summed E-state index contributed by atoms with van der Waals surface area (Å²) in [5, 5.41) is 25.2. The van der Waals surface area contributed by atoms with Crippen LogP contribution in [-0.4, -0.2) is 62.1 Å². The molecular weight excluding hydrogens is 442 g/mol. The molecule has 3 N–H and O–H groups in total. The molecular formula is C23H28ClN7O2. The monoisotopic (exact) mass is 469 g/mol. The highest BCUT2D eigenvalue weighted by atomic mass is 35.5. The molecule has 1 fully saturated rings. The van der Waals surface area contributed by atoms with E-state index in [4.69, 9.17) is 22.1 Å². The summed E-state index contributed by atoms with van der Waals surface area (Å²) in [6.07, 6.45) is 1.42. The summed E-state index contributed by atoms with van der Waals surface area (Å²) >= 11 is 6.63. The highest BCUT2D eigenvalue weighted by Gasteiger charge is 2.37. The number of aryl methyl sites for hydroxylation is 1. The van der Waals surface area contributed by atoms with Crippen molar-refractivity contribution in [3.05, 3.63) is 39.8 Å². The Hall–Kier alpha value is -2.93. The minimum Gasteiger partial charge on any atom is -0.493 e. The molecule has 0 amide bonds. The van der Waals surface area contributed by atoms with E-state index >= 15 is 0 Å². The lowest BCUT2D eigenvalue weighted by Crippen LogP contribution is -2.51. The van der Waals surface area contributed by atoms with Crippen molar-refractivity contribution in [1.82, 2.24) is 24.6 Å². The maximum Gasteiger partial charge on any atom is 0.164 e. The summed E-state index contributed by atoms with van der Waals surface area (Å²) < 4.78 is 7.95. The van der Waals surface area contributed by atoms with Gasteiger partial charge in [-0.2, -0.15) is 10.4 Å². The molecule has 10 heteroatoms. The number of aliphatic hydroxyl groups excluding tert-OH is 1. The molecule has 1 saturated heterocycles. The van der Waals surface area contributed by atoms with Gasteiger partial charge in [-0.15, -0.1) is 0 Å². The van der Waals surface area contributed by atoms with Gasteiger partial charge in [0.25, 0.3) is 0 Å². The van der Waals surface area contributed by atoms with E-state index < -0.39 is 0 Å². The van der Waals surface area contributed by atoms with Crippen LogP contribution in [0.2, 0.25) is 5.02 Å². The van der Waals surface area contributed by atoms with Gasteiger partial charge in [-0.3, -0.25) is 4.90 Å². The van der Waals surface area contributed by atoms with E-state index in [1.165, 1.54) is 6.33 Å². The molecule has 0 saturated carbocycles. The molecule has 174 valence electrons. The van der Waals surface area contributed by atoms with Crippen molar-refractivity contribution in [2.45, 2.75) is 45.7 Å². The number of benzene rings is 1. The number of halogens is 1. The molecule has 33 heavy (non-hydrogen) atoms. The third-order valence-electron chi connectivity index (χ3n) is 6.41. The van der Waals surface area contributed by atoms with E-state index in [0.29, 0.717) is 34.4 Å². The van der Waals surface area contributed by atoms with Crippen LogP contribution in [0.4, 0.5) is 5.82 Å². The van der Waals surface area contributed by atoms with Crippen LogP contribution in [0.1, 0.15) is 55.1 Å². The fourth-order valence-corrected chi connectivity index (χ4v) is 4.79. The Morgan fingerprint density at radius 3 is 2.73 bits per heavy atom. The Morgan fingerprint density at radius 2 is 2.09 bits per heavy atom. The molecule has 0 bridgehead atoms. The van der Waals surface area contributed by atoms with Gasteiger partial charge in [-0.1, -0.05) is 11.6 Å². The lowest BCUT2D eigenvalue weighted by Gasteiger charge is -2.44. The SMILES string of the molecule is CCOc1c([C@H](C)n2nc(C)c3c(N)ncnc32)cc(Cl)c(C#N)c1C1CN(C(C)CO)C1. The van der Waals surface area contributed by atoms with E-state index in [0.717, 1.165) is 35.3 Å². The normalized spacial score (nSPS) is 16.4. The van der Waals surface area contributed by atoms with Crippen molar-refractivity contribution in [2.24, 2.45) is 0 Å². The van der Waals surface area contributed by atoms with E-state index in [1.54, 1.807) is 10.7 Å². The number of anilines is 1. The average molecular weight is 470 g/mol. The van der Waals surface area contributed by atoms with Crippen molar-refractivity contribution in [3.63, 3.8) is 0 Å². The zero-order chi connectivity index (χ0) is 23.9. The molecule has 1 unspecified atom stereocenters. The van der Waals surface area contributed by atoms with Crippen molar-refractivity contribution in [1.29, 1.82) is 5.26 Å². The van der Waals surface area contributed by atoms with Crippen LogP contribution in [0.5, 0.6) is 5.75 Å². The van der Waals surface area contributed by atoms with E-state index in [-0.39, 0.29) is 24.6 Å². The standard InChI is InChI=1S/C23H28ClN7O2/c1-5-33-21-16(14(4)31-23-19(13(3)29-31)22(26)27-11-28-23)6-18(24)17(7-25)20(21)15-8-30(9-15)12(2)10-32/h6,11-12,14-15,32H,5,8-10H2,1-4H3,(H2,26,27,28)/t12?,14-/m0/s1. The number of nitrogens with zero attached hydrogens (tertiary/aromatic N) is 6. The molecule has 2 aromatic heterocycles. The second kappa shape index (κ2) is 9.14. The molecule has 1 aliphatic heterocycles. The summed E-state index contributed by atoms with van der Waals surface area (Å²) in [5.41, 5.74) is 9.52. The smallest absolute Gasteiger partial charge is 0.164 e. The largest absolute Gasteiger partial charge is 0.493 e. The highest BCUT2D eigenvalue weighted by Crippen LogP contribution is 2.44. The van der Waals surface area contributed by atoms with Crippen molar-refractivity contribution in [2.75, 3.05) is 32.0 Å². The molecule has 3 aromatic rings. The van der Waals surface area contributed by atoms with Crippen LogP contribution in [0.3, 0.4) is 0 Å². The van der Waals surface area contributed by atoms with E-state index in [9.17, 15) is 10.4 Å². The molecule has 1 aromatic carbocycles. The molecule has 3 heterocycles. The number of aromatic nitrogens is 4. The fraction of sp³-hybridized carbons (Fsp3) is 0.478. The van der Waals surface area contributed by atoms with Crippen LogP contribution >= 0.6 is 11.6 Å². The summed E-state index contributed by atoms with van der Waals surface area (Å²) in [7, 11) is 0. The first kappa shape index (κ1) is 23.2. The fourth-order valence-electron chi connectivity index (χ4n) is 4.53. The lowest BCUT2D eigenvalue weighted by atomic mass is 9.84.